The van der Waals surface area contributed by atoms with Crippen LogP contribution in [0.2, 0.25) is 0 Å². The maximum Gasteiger partial charge on any atom is 0.140 e. The Labute approximate surface area is 112 Å². The number of aromatic nitrogens is 3. The smallest absolute Gasteiger partial charge is 0.140 e. The summed E-state index contributed by atoms with van der Waals surface area (Å²) in [5.41, 5.74) is 4.61. The van der Waals surface area contributed by atoms with Crippen molar-refractivity contribution < 1.29 is 0 Å². The highest BCUT2D eigenvalue weighted by atomic mass is 15.1. The van der Waals surface area contributed by atoms with Crippen LogP contribution in [-0.2, 0) is 0 Å². The Balaban J connectivity index is 2.22. The standard InChI is InChI=1S/C15H16N4/c1-10-7-12-13(8-11(10)2)19(9-17-12)15-6-4-5-14(16-3)18-15/h4-9H,1-3H3,(H,16,18). The molecule has 0 spiro atoms. The number of benzene rings is 1. The van der Waals surface area contributed by atoms with Crippen molar-refractivity contribution in [3.8, 4) is 5.82 Å². The van der Waals surface area contributed by atoms with Crippen molar-refractivity contribution in [2.24, 2.45) is 0 Å². The molecule has 96 valence electrons. The normalized spacial score (nSPS) is 10.9. The van der Waals surface area contributed by atoms with E-state index >= 15 is 0 Å². The fourth-order valence-corrected chi connectivity index (χ4v) is 2.14. The number of hydrogen-bond donors (Lipinski definition) is 1. The third-order valence-corrected chi connectivity index (χ3v) is 3.40. The van der Waals surface area contributed by atoms with Crippen molar-refractivity contribution >= 4 is 16.9 Å². The summed E-state index contributed by atoms with van der Waals surface area (Å²) in [7, 11) is 1.87. The summed E-state index contributed by atoms with van der Waals surface area (Å²) >= 11 is 0. The molecule has 0 radical (unpaired) electrons. The predicted molar refractivity (Wildman–Crippen MR) is 77.9 cm³/mol. The second-order valence-corrected chi connectivity index (χ2v) is 4.67. The minimum atomic E-state index is 0.850. The van der Waals surface area contributed by atoms with E-state index in [-0.39, 0.29) is 0 Å². The van der Waals surface area contributed by atoms with Gasteiger partial charge in [0.1, 0.15) is 18.0 Å². The minimum Gasteiger partial charge on any atom is -0.373 e. The fraction of sp³-hybridized carbons (Fsp3) is 0.200. The molecule has 0 fully saturated rings. The van der Waals surface area contributed by atoms with E-state index in [1.165, 1.54) is 11.1 Å². The van der Waals surface area contributed by atoms with Crippen molar-refractivity contribution in [2.75, 3.05) is 12.4 Å². The topological polar surface area (TPSA) is 42.7 Å². The van der Waals surface area contributed by atoms with Gasteiger partial charge < -0.3 is 5.32 Å². The molecule has 19 heavy (non-hydrogen) atoms. The Morgan fingerprint density at radius 2 is 1.89 bits per heavy atom. The van der Waals surface area contributed by atoms with Gasteiger partial charge >= 0.3 is 0 Å². The van der Waals surface area contributed by atoms with E-state index in [2.05, 4.69) is 41.3 Å². The molecule has 3 aromatic rings. The Morgan fingerprint density at radius 1 is 1.11 bits per heavy atom. The summed E-state index contributed by atoms with van der Waals surface area (Å²) in [5, 5.41) is 3.05. The van der Waals surface area contributed by atoms with Crippen molar-refractivity contribution in [1.29, 1.82) is 0 Å². The zero-order valence-corrected chi connectivity index (χ0v) is 11.3. The quantitative estimate of drug-likeness (QED) is 0.762. The first-order valence-corrected chi connectivity index (χ1v) is 6.28. The van der Waals surface area contributed by atoms with Crippen LogP contribution in [0.1, 0.15) is 11.1 Å². The van der Waals surface area contributed by atoms with E-state index in [9.17, 15) is 0 Å². The molecule has 0 aliphatic heterocycles. The van der Waals surface area contributed by atoms with Gasteiger partial charge in [-0.1, -0.05) is 6.07 Å². The van der Waals surface area contributed by atoms with Crippen LogP contribution in [0.3, 0.4) is 0 Å². The molecule has 4 nitrogen and oxygen atoms in total. The number of pyridine rings is 1. The van der Waals surface area contributed by atoms with E-state index in [1.54, 1.807) is 0 Å². The number of hydrogen-bond acceptors (Lipinski definition) is 3. The number of fused-ring (bicyclic) bond motifs is 1. The molecule has 1 N–H and O–H groups in total. The minimum absolute atomic E-state index is 0.850. The summed E-state index contributed by atoms with van der Waals surface area (Å²) in [6.07, 6.45) is 1.82. The highest BCUT2D eigenvalue weighted by Crippen LogP contribution is 2.21. The lowest BCUT2D eigenvalue weighted by Crippen LogP contribution is -1.99. The highest BCUT2D eigenvalue weighted by molar-refractivity contribution is 5.79. The van der Waals surface area contributed by atoms with Crippen LogP contribution < -0.4 is 5.32 Å². The first-order valence-electron chi connectivity index (χ1n) is 6.28. The Hall–Kier alpha value is -2.36. The van der Waals surface area contributed by atoms with Gasteiger partial charge in [-0.2, -0.15) is 0 Å². The van der Waals surface area contributed by atoms with Crippen molar-refractivity contribution in [3.05, 3.63) is 47.8 Å². The average molecular weight is 252 g/mol. The third kappa shape index (κ3) is 1.95. The van der Waals surface area contributed by atoms with Gasteiger partial charge in [0, 0.05) is 7.05 Å². The Morgan fingerprint density at radius 3 is 2.68 bits per heavy atom. The molecule has 0 atom stereocenters. The molecule has 0 saturated carbocycles. The monoisotopic (exact) mass is 252 g/mol. The van der Waals surface area contributed by atoms with Gasteiger partial charge in [0.2, 0.25) is 0 Å². The van der Waals surface area contributed by atoms with E-state index < -0.39 is 0 Å². The molecule has 0 bridgehead atoms. The first kappa shape index (κ1) is 11.7. The number of aryl methyl sites for hydroxylation is 2. The van der Waals surface area contributed by atoms with Crippen molar-refractivity contribution in [1.82, 2.24) is 14.5 Å². The van der Waals surface area contributed by atoms with E-state index in [4.69, 9.17) is 0 Å². The molecule has 2 aromatic heterocycles. The fourth-order valence-electron chi connectivity index (χ4n) is 2.14. The molecule has 1 aromatic carbocycles. The molecule has 3 rings (SSSR count). The Kier molecular flexibility index (Phi) is 2.71. The van der Waals surface area contributed by atoms with Gasteiger partial charge in [-0.25, -0.2) is 9.97 Å². The molecule has 0 aliphatic rings. The number of rotatable bonds is 2. The largest absolute Gasteiger partial charge is 0.373 e. The van der Waals surface area contributed by atoms with Gasteiger partial charge in [0.25, 0.3) is 0 Å². The van der Waals surface area contributed by atoms with Crippen molar-refractivity contribution in [3.63, 3.8) is 0 Å². The summed E-state index contributed by atoms with van der Waals surface area (Å²) in [5.74, 6) is 1.72. The van der Waals surface area contributed by atoms with Crippen LogP contribution in [-0.4, -0.2) is 21.6 Å². The van der Waals surface area contributed by atoms with Crippen LogP contribution in [0, 0.1) is 13.8 Å². The van der Waals surface area contributed by atoms with E-state index in [1.807, 2.05) is 36.1 Å². The van der Waals surface area contributed by atoms with Crippen LogP contribution in [0.15, 0.2) is 36.7 Å². The molecule has 0 aliphatic carbocycles. The maximum absolute atomic E-state index is 4.55. The zero-order valence-electron chi connectivity index (χ0n) is 11.3. The summed E-state index contributed by atoms with van der Waals surface area (Å²) in [6.45, 7) is 4.22. The van der Waals surface area contributed by atoms with Crippen LogP contribution in [0.25, 0.3) is 16.9 Å². The number of anilines is 1. The summed E-state index contributed by atoms with van der Waals surface area (Å²) in [4.78, 5) is 9.00. The molecule has 4 heteroatoms. The van der Waals surface area contributed by atoms with Crippen molar-refractivity contribution in [2.45, 2.75) is 13.8 Å². The van der Waals surface area contributed by atoms with Gasteiger partial charge in [-0.3, -0.25) is 4.57 Å². The number of nitrogens with zero attached hydrogens (tertiary/aromatic N) is 3. The SMILES string of the molecule is CNc1cccc(-n2cnc3cc(C)c(C)cc32)n1. The third-order valence-electron chi connectivity index (χ3n) is 3.40. The highest BCUT2D eigenvalue weighted by Gasteiger charge is 2.07. The van der Waals surface area contributed by atoms with Gasteiger partial charge in [-0.05, 0) is 49.2 Å². The lowest BCUT2D eigenvalue weighted by Gasteiger charge is -2.07. The first-order chi connectivity index (χ1) is 9.19. The second kappa shape index (κ2) is 4.39. The summed E-state index contributed by atoms with van der Waals surface area (Å²) in [6, 6.07) is 10.2. The molecule has 2 heterocycles. The van der Waals surface area contributed by atoms with Gasteiger partial charge in [0.05, 0.1) is 11.0 Å². The van der Waals surface area contributed by atoms with Crippen LogP contribution in [0.5, 0.6) is 0 Å². The lowest BCUT2D eigenvalue weighted by atomic mass is 10.1. The molecular weight excluding hydrogens is 236 g/mol. The molecule has 0 unspecified atom stereocenters. The molecule has 0 amide bonds. The predicted octanol–water partition coefficient (Wildman–Crippen LogP) is 3.08. The lowest BCUT2D eigenvalue weighted by molar-refractivity contribution is 1.02. The maximum atomic E-state index is 4.55. The van der Waals surface area contributed by atoms with Gasteiger partial charge in [-0.15, -0.1) is 0 Å². The van der Waals surface area contributed by atoms with E-state index in [0.717, 1.165) is 22.7 Å². The van der Waals surface area contributed by atoms with E-state index in [0.29, 0.717) is 0 Å². The van der Waals surface area contributed by atoms with Crippen LogP contribution >= 0.6 is 0 Å². The zero-order chi connectivity index (χ0) is 13.4. The Bertz CT molecular complexity index is 743. The average Bonchev–Trinajstić information content (AvgIpc) is 2.82. The molecule has 0 saturated heterocycles. The van der Waals surface area contributed by atoms with Crippen LogP contribution in [0.4, 0.5) is 5.82 Å². The summed E-state index contributed by atoms with van der Waals surface area (Å²) < 4.78 is 2.02. The number of nitrogens with one attached hydrogen (secondary N) is 1. The molecular formula is C15H16N4. The number of imidazole rings is 1. The van der Waals surface area contributed by atoms with Gasteiger partial charge in [0.15, 0.2) is 0 Å². The second-order valence-electron chi connectivity index (χ2n) is 4.67.